The molecule has 1 atom stereocenters. The molecule has 5 heteroatoms. The average molecular weight is 344 g/mol. The van der Waals surface area contributed by atoms with Crippen molar-refractivity contribution in [3.8, 4) is 0 Å². The van der Waals surface area contributed by atoms with Crippen LogP contribution in [0.3, 0.4) is 0 Å². The Balaban J connectivity index is 2.40. The van der Waals surface area contributed by atoms with E-state index in [0.29, 0.717) is 12.0 Å². The SMILES string of the molecule is NCC(CO)(Cc1ccc(Br)s1)c1ccccc1F. The summed E-state index contributed by atoms with van der Waals surface area (Å²) in [6.45, 7) is 0.0138. The predicted molar refractivity (Wildman–Crippen MR) is 79.9 cm³/mol. The minimum Gasteiger partial charge on any atom is -0.395 e. The monoisotopic (exact) mass is 343 g/mol. The maximum Gasteiger partial charge on any atom is 0.127 e. The maximum atomic E-state index is 14.0. The van der Waals surface area contributed by atoms with E-state index in [4.69, 9.17) is 5.73 Å². The Morgan fingerprint density at radius 2 is 2.00 bits per heavy atom. The maximum absolute atomic E-state index is 14.0. The molecule has 0 aliphatic heterocycles. The number of halogens is 2. The van der Waals surface area contributed by atoms with Crippen LogP contribution in [-0.2, 0) is 11.8 Å². The van der Waals surface area contributed by atoms with Crippen LogP contribution in [0, 0.1) is 5.82 Å². The molecule has 0 radical (unpaired) electrons. The van der Waals surface area contributed by atoms with E-state index in [-0.39, 0.29) is 19.0 Å². The second-order valence-electron chi connectivity index (χ2n) is 4.51. The van der Waals surface area contributed by atoms with Crippen molar-refractivity contribution < 1.29 is 9.50 Å². The van der Waals surface area contributed by atoms with Crippen molar-refractivity contribution in [2.24, 2.45) is 5.73 Å². The Morgan fingerprint density at radius 3 is 2.53 bits per heavy atom. The standard InChI is InChI=1S/C14H15BrFNOS/c15-13-6-5-10(19-13)7-14(8-17,9-18)11-3-1-2-4-12(11)16/h1-6,18H,7-9,17H2. The zero-order chi connectivity index (χ0) is 13.9. The smallest absolute Gasteiger partial charge is 0.127 e. The van der Waals surface area contributed by atoms with Crippen LogP contribution in [0.1, 0.15) is 10.4 Å². The Bertz CT molecular complexity index is 554. The predicted octanol–water partition coefficient (Wildman–Crippen LogP) is 3.08. The number of aliphatic hydroxyl groups is 1. The third-order valence-electron chi connectivity index (χ3n) is 3.28. The molecule has 2 aromatic rings. The van der Waals surface area contributed by atoms with Crippen LogP contribution < -0.4 is 5.73 Å². The van der Waals surface area contributed by atoms with E-state index < -0.39 is 5.41 Å². The molecule has 0 bridgehead atoms. The van der Waals surface area contributed by atoms with E-state index in [1.54, 1.807) is 29.5 Å². The lowest BCUT2D eigenvalue weighted by Crippen LogP contribution is -2.41. The van der Waals surface area contributed by atoms with Gasteiger partial charge in [0.05, 0.1) is 10.4 Å². The van der Waals surface area contributed by atoms with Crippen LogP contribution in [0.15, 0.2) is 40.2 Å². The molecular weight excluding hydrogens is 329 g/mol. The normalized spacial score (nSPS) is 14.3. The molecule has 19 heavy (non-hydrogen) atoms. The molecule has 0 fully saturated rings. The van der Waals surface area contributed by atoms with E-state index in [2.05, 4.69) is 15.9 Å². The summed E-state index contributed by atoms with van der Waals surface area (Å²) in [5.41, 5.74) is 5.55. The van der Waals surface area contributed by atoms with Crippen molar-refractivity contribution in [2.75, 3.05) is 13.2 Å². The Kier molecular flexibility index (Phi) is 4.73. The van der Waals surface area contributed by atoms with Gasteiger partial charge >= 0.3 is 0 Å². The largest absolute Gasteiger partial charge is 0.395 e. The fraction of sp³-hybridized carbons (Fsp3) is 0.286. The van der Waals surface area contributed by atoms with Crippen LogP contribution in [0.4, 0.5) is 4.39 Å². The molecule has 1 heterocycles. The highest BCUT2D eigenvalue weighted by molar-refractivity contribution is 9.11. The quantitative estimate of drug-likeness (QED) is 0.876. The Hall–Kier alpha value is -0.750. The van der Waals surface area contributed by atoms with E-state index in [0.717, 1.165) is 8.66 Å². The molecular formula is C14H15BrFNOS. The highest BCUT2D eigenvalue weighted by Gasteiger charge is 2.33. The van der Waals surface area contributed by atoms with Gasteiger partial charge < -0.3 is 10.8 Å². The molecule has 1 aromatic carbocycles. The minimum atomic E-state index is -0.768. The number of hydrogen-bond donors (Lipinski definition) is 2. The number of hydrogen-bond acceptors (Lipinski definition) is 3. The number of aliphatic hydroxyl groups excluding tert-OH is 1. The van der Waals surface area contributed by atoms with E-state index >= 15 is 0 Å². The summed E-state index contributed by atoms with van der Waals surface area (Å²) in [6.07, 6.45) is 0.525. The highest BCUT2D eigenvalue weighted by Crippen LogP contribution is 2.33. The first-order valence-corrected chi connectivity index (χ1v) is 7.52. The van der Waals surface area contributed by atoms with Gasteiger partial charge in [0.1, 0.15) is 5.82 Å². The van der Waals surface area contributed by atoms with Gasteiger partial charge in [-0.15, -0.1) is 11.3 Å². The molecule has 0 aliphatic carbocycles. The van der Waals surface area contributed by atoms with E-state index in [1.165, 1.54) is 6.07 Å². The van der Waals surface area contributed by atoms with E-state index in [9.17, 15) is 9.50 Å². The van der Waals surface area contributed by atoms with Crippen molar-refractivity contribution in [1.82, 2.24) is 0 Å². The summed E-state index contributed by atoms with van der Waals surface area (Å²) in [5, 5.41) is 9.77. The molecule has 2 rings (SSSR count). The third-order valence-corrected chi connectivity index (χ3v) is 4.90. The second kappa shape index (κ2) is 6.13. The lowest BCUT2D eigenvalue weighted by atomic mass is 9.77. The second-order valence-corrected chi connectivity index (χ2v) is 7.05. The van der Waals surface area contributed by atoms with Crippen molar-refractivity contribution in [1.29, 1.82) is 0 Å². The zero-order valence-electron chi connectivity index (χ0n) is 10.3. The van der Waals surface area contributed by atoms with Crippen molar-refractivity contribution >= 4 is 27.3 Å². The fourth-order valence-electron chi connectivity index (χ4n) is 2.15. The van der Waals surface area contributed by atoms with E-state index in [1.807, 2.05) is 12.1 Å². The number of nitrogens with two attached hydrogens (primary N) is 1. The number of thiophene rings is 1. The summed E-state index contributed by atoms with van der Waals surface area (Å²) in [6, 6.07) is 10.4. The van der Waals surface area contributed by atoms with Crippen LogP contribution in [-0.4, -0.2) is 18.3 Å². The van der Waals surface area contributed by atoms with Crippen LogP contribution >= 0.6 is 27.3 Å². The first-order valence-electron chi connectivity index (χ1n) is 5.91. The molecule has 102 valence electrons. The van der Waals surface area contributed by atoms with Crippen LogP contribution in [0.2, 0.25) is 0 Å². The summed E-state index contributed by atoms with van der Waals surface area (Å²) in [4.78, 5) is 1.06. The Labute approximate surface area is 124 Å². The first-order chi connectivity index (χ1) is 9.11. The zero-order valence-corrected chi connectivity index (χ0v) is 12.7. The first kappa shape index (κ1) is 14.7. The molecule has 3 N–H and O–H groups in total. The van der Waals surface area contributed by atoms with Gasteiger partial charge in [-0.05, 0) is 46.1 Å². The molecule has 0 amide bonds. The van der Waals surface area contributed by atoms with Gasteiger partial charge in [0.25, 0.3) is 0 Å². The van der Waals surface area contributed by atoms with Gasteiger partial charge in [-0.2, -0.15) is 0 Å². The highest BCUT2D eigenvalue weighted by atomic mass is 79.9. The average Bonchev–Trinajstić information content (AvgIpc) is 2.82. The molecule has 0 saturated heterocycles. The van der Waals surface area contributed by atoms with Crippen LogP contribution in [0.25, 0.3) is 0 Å². The van der Waals surface area contributed by atoms with Gasteiger partial charge in [0, 0.05) is 16.8 Å². The summed E-state index contributed by atoms with van der Waals surface area (Å²) < 4.78 is 15.0. The molecule has 1 aromatic heterocycles. The lowest BCUT2D eigenvalue weighted by Gasteiger charge is -2.31. The number of benzene rings is 1. The van der Waals surface area contributed by atoms with Gasteiger partial charge in [0.15, 0.2) is 0 Å². The summed E-state index contributed by atoms with van der Waals surface area (Å²) in [7, 11) is 0. The fourth-order valence-corrected chi connectivity index (χ4v) is 3.78. The van der Waals surface area contributed by atoms with Crippen molar-refractivity contribution in [2.45, 2.75) is 11.8 Å². The van der Waals surface area contributed by atoms with Gasteiger partial charge in [0.2, 0.25) is 0 Å². The third kappa shape index (κ3) is 3.05. The molecule has 0 spiro atoms. The number of rotatable bonds is 5. The van der Waals surface area contributed by atoms with Crippen molar-refractivity contribution in [3.63, 3.8) is 0 Å². The van der Waals surface area contributed by atoms with Gasteiger partial charge in [-0.3, -0.25) is 0 Å². The van der Waals surface area contributed by atoms with Gasteiger partial charge in [-0.1, -0.05) is 18.2 Å². The van der Waals surface area contributed by atoms with Gasteiger partial charge in [-0.25, -0.2) is 4.39 Å². The molecule has 0 aliphatic rings. The van der Waals surface area contributed by atoms with Crippen molar-refractivity contribution in [3.05, 3.63) is 56.4 Å². The molecule has 2 nitrogen and oxygen atoms in total. The van der Waals surface area contributed by atoms with Crippen LogP contribution in [0.5, 0.6) is 0 Å². The molecule has 0 saturated carbocycles. The lowest BCUT2D eigenvalue weighted by molar-refractivity contribution is 0.193. The topological polar surface area (TPSA) is 46.2 Å². The Morgan fingerprint density at radius 1 is 1.26 bits per heavy atom. The molecule has 1 unspecified atom stereocenters. The minimum absolute atomic E-state index is 0.181. The summed E-state index contributed by atoms with van der Waals surface area (Å²) >= 11 is 4.98. The summed E-state index contributed by atoms with van der Waals surface area (Å²) in [5.74, 6) is -0.322.